The van der Waals surface area contributed by atoms with Gasteiger partial charge in [-0.1, -0.05) is 42.5 Å². The summed E-state index contributed by atoms with van der Waals surface area (Å²) in [6, 6.07) is 16.6. The van der Waals surface area contributed by atoms with Gasteiger partial charge in [-0.2, -0.15) is 0 Å². The summed E-state index contributed by atoms with van der Waals surface area (Å²) >= 11 is 0. The van der Waals surface area contributed by atoms with Gasteiger partial charge >= 0.3 is 0 Å². The van der Waals surface area contributed by atoms with Gasteiger partial charge in [-0.25, -0.2) is 0 Å². The fourth-order valence-electron chi connectivity index (χ4n) is 2.89. The number of para-hydroxylation sites is 1. The molecule has 0 fully saturated rings. The maximum Gasteiger partial charge on any atom is 0.267 e. The lowest BCUT2D eigenvalue weighted by molar-refractivity contribution is -0.129. The SMILES string of the molecule is O=C1Nc2ccccc2C1(O)c1nccc2ccccc12. The minimum atomic E-state index is -1.75. The van der Waals surface area contributed by atoms with Crippen molar-refractivity contribution in [2.75, 3.05) is 5.32 Å². The second-order valence-corrected chi connectivity index (χ2v) is 5.09. The van der Waals surface area contributed by atoms with Crippen LogP contribution in [0.5, 0.6) is 0 Å². The molecule has 1 aromatic heterocycles. The van der Waals surface area contributed by atoms with Crippen molar-refractivity contribution in [2.24, 2.45) is 0 Å². The van der Waals surface area contributed by atoms with Gasteiger partial charge in [-0.05, 0) is 17.5 Å². The lowest BCUT2D eigenvalue weighted by Gasteiger charge is -2.21. The summed E-state index contributed by atoms with van der Waals surface area (Å²) in [6.07, 6.45) is 1.61. The van der Waals surface area contributed by atoms with Crippen molar-refractivity contribution in [1.82, 2.24) is 4.98 Å². The van der Waals surface area contributed by atoms with E-state index in [1.165, 1.54) is 0 Å². The molecule has 1 aliphatic heterocycles. The van der Waals surface area contributed by atoms with Crippen LogP contribution in [0.3, 0.4) is 0 Å². The Morgan fingerprint density at radius 3 is 2.67 bits per heavy atom. The molecule has 0 radical (unpaired) electrons. The van der Waals surface area contributed by atoms with Gasteiger partial charge in [0.1, 0.15) is 0 Å². The number of amides is 1. The molecular weight excluding hydrogens is 264 g/mol. The number of rotatable bonds is 1. The number of aliphatic hydroxyl groups is 1. The Bertz CT molecular complexity index is 870. The second kappa shape index (κ2) is 4.14. The molecule has 4 nitrogen and oxygen atoms in total. The van der Waals surface area contributed by atoms with E-state index in [2.05, 4.69) is 10.3 Å². The molecule has 4 rings (SSSR count). The van der Waals surface area contributed by atoms with E-state index in [0.29, 0.717) is 16.9 Å². The number of fused-ring (bicyclic) bond motifs is 2. The molecule has 102 valence electrons. The Hall–Kier alpha value is -2.72. The van der Waals surface area contributed by atoms with Crippen LogP contribution < -0.4 is 5.32 Å². The fraction of sp³-hybridized carbons (Fsp3) is 0.0588. The largest absolute Gasteiger partial charge is 0.370 e. The number of anilines is 1. The van der Waals surface area contributed by atoms with Gasteiger partial charge in [-0.15, -0.1) is 0 Å². The number of carbonyl (C=O) groups excluding carboxylic acids is 1. The van der Waals surface area contributed by atoms with Gasteiger partial charge < -0.3 is 10.4 Å². The fourth-order valence-corrected chi connectivity index (χ4v) is 2.89. The van der Waals surface area contributed by atoms with Crippen molar-refractivity contribution in [1.29, 1.82) is 0 Å². The number of pyridine rings is 1. The lowest BCUT2D eigenvalue weighted by atomic mass is 9.88. The second-order valence-electron chi connectivity index (χ2n) is 5.09. The molecule has 0 bridgehead atoms. The van der Waals surface area contributed by atoms with Crippen LogP contribution in [0, 0.1) is 0 Å². The van der Waals surface area contributed by atoms with Crippen molar-refractivity contribution in [2.45, 2.75) is 5.60 Å². The van der Waals surface area contributed by atoms with E-state index in [9.17, 15) is 9.90 Å². The molecule has 1 atom stereocenters. The topological polar surface area (TPSA) is 62.2 Å². The highest BCUT2D eigenvalue weighted by Crippen LogP contribution is 2.41. The molecular formula is C17H12N2O2. The third kappa shape index (κ3) is 1.53. The van der Waals surface area contributed by atoms with Crippen LogP contribution in [0.4, 0.5) is 5.69 Å². The van der Waals surface area contributed by atoms with Crippen LogP contribution in [0.2, 0.25) is 0 Å². The molecule has 0 aliphatic carbocycles. The molecule has 1 unspecified atom stereocenters. The monoisotopic (exact) mass is 276 g/mol. The predicted molar refractivity (Wildman–Crippen MR) is 79.8 cm³/mol. The summed E-state index contributed by atoms with van der Waals surface area (Å²) in [4.78, 5) is 16.7. The van der Waals surface area contributed by atoms with Crippen molar-refractivity contribution in [3.05, 3.63) is 72.1 Å². The Balaban J connectivity index is 2.06. The Morgan fingerprint density at radius 2 is 1.76 bits per heavy atom. The first-order valence-electron chi connectivity index (χ1n) is 6.69. The summed E-state index contributed by atoms with van der Waals surface area (Å²) in [5.74, 6) is -0.465. The molecule has 1 amide bonds. The first kappa shape index (κ1) is 12.1. The minimum Gasteiger partial charge on any atom is -0.370 e. The highest BCUT2D eigenvalue weighted by Gasteiger charge is 2.48. The number of nitrogens with one attached hydrogen (secondary N) is 1. The van der Waals surface area contributed by atoms with E-state index in [-0.39, 0.29) is 0 Å². The number of carbonyl (C=O) groups is 1. The Labute approximate surface area is 121 Å². The van der Waals surface area contributed by atoms with Gasteiger partial charge in [0.15, 0.2) is 0 Å². The quantitative estimate of drug-likeness (QED) is 0.717. The van der Waals surface area contributed by atoms with Crippen LogP contribution in [0.15, 0.2) is 60.8 Å². The van der Waals surface area contributed by atoms with Crippen molar-refractivity contribution in [3.8, 4) is 0 Å². The van der Waals surface area contributed by atoms with Crippen molar-refractivity contribution >= 4 is 22.4 Å². The van der Waals surface area contributed by atoms with E-state index >= 15 is 0 Å². The maximum atomic E-state index is 12.4. The zero-order chi connectivity index (χ0) is 14.4. The van der Waals surface area contributed by atoms with Crippen LogP contribution in [0.25, 0.3) is 10.8 Å². The van der Waals surface area contributed by atoms with E-state index in [1.807, 2.05) is 36.4 Å². The normalized spacial score (nSPS) is 20.3. The first-order chi connectivity index (χ1) is 10.2. The highest BCUT2D eigenvalue weighted by molar-refractivity contribution is 6.09. The first-order valence-corrected chi connectivity index (χ1v) is 6.69. The molecule has 0 spiro atoms. The molecule has 21 heavy (non-hydrogen) atoms. The zero-order valence-corrected chi connectivity index (χ0v) is 11.1. The van der Waals surface area contributed by atoms with E-state index in [0.717, 1.165) is 10.8 Å². The van der Waals surface area contributed by atoms with Crippen LogP contribution in [0.1, 0.15) is 11.3 Å². The average molecular weight is 276 g/mol. The Kier molecular flexibility index (Phi) is 2.37. The molecule has 2 N–H and O–H groups in total. The highest BCUT2D eigenvalue weighted by atomic mass is 16.3. The van der Waals surface area contributed by atoms with E-state index in [1.54, 1.807) is 24.4 Å². The van der Waals surface area contributed by atoms with Crippen LogP contribution in [-0.2, 0) is 10.4 Å². The van der Waals surface area contributed by atoms with Gasteiger partial charge in [0.25, 0.3) is 5.91 Å². The molecule has 3 aromatic rings. The van der Waals surface area contributed by atoms with Gasteiger partial charge in [0.05, 0.1) is 5.69 Å². The van der Waals surface area contributed by atoms with E-state index < -0.39 is 11.5 Å². The summed E-state index contributed by atoms with van der Waals surface area (Å²) in [7, 11) is 0. The van der Waals surface area contributed by atoms with E-state index in [4.69, 9.17) is 0 Å². The smallest absolute Gasteiger partial charge is 0.267 e. The summed E-state index contributed by atoms with van der Waals surface area (Å²) < 4.78 is 0. The summed E-state index contributed by atoms with van der Waals surface area (Å²) in [6.45, 7) is 0. The maximum absolute atomic E-state index is 12.4. The average Bonchev–Trinajstić information content (AvgIpc) is 2.79. The van der Waals surface area contributed by atoms with Crippen molar-refractivity contribution in [3.63, 3.8) is 0 Å². The number of hydrogen-bond acceptors (Lipinski definition) is 3. The van der Waals surface area contributed by atoms with Gasteiger partial charge in [0.2, 0.25) is 5.60 Å². The summed E-state index contributed by atoms with van der Waals surface area (Å²) in [5.41, 5.74) is -0.223. The van der Waals surface area contributed by atoms with Gasteiger partial charge in [0, 0.05) is 22.8 Å². The number of benzene rings is 2. The molecule has 0 saturated carbocycles. The molecule has 1 aliphatic rings. The van der Waals surface area contributed by atoms with Crippen LogP contribution in [-0.4, -0.2) is 16.0 Å². The molecule has 2 aromatic carbocycles. The number of hydrogen-bond donors (Lipinski definition) is 2. The van der Waals surface area contributed by atoms with Gasteiger partial charge in [-0.3, -0.25) is 9.78 Å². The third-order valence-corrected chi connectivity index (χ3v) is 3.91. The number of aromatic nitrogens is 1. The van der Waals surface area contributed by atoms with Crippen LogP contribution >= 0.6 is 0 Å². The molecule has 4 heteroatoms. The third-order valence-electron chi connectivity index (χ3n) is 3.91. The predicted octanol–water partition coefficient (Wildman–Crippen LogP) is 2.42. The summed E-state index contributed by atoms with van der Waals surface area (Å²) in [5, 5.41) is 15.5. The zero-order valence-electron chi connectivity index (χ0n) is 11.1. The number of nitrogens with zero attached hydrogens (tertiary/aromatic N) is 1. The molecule has 0 saturated heterocycles. The Morgan fingerprint density at radius 1 is 1.00 bits per heavy atom. The standard InChI is InChI=1S/C17H12N2O2/c20-16-17(21,13-7-3-4-8-14(13)19-16)15-12-6-2-1-5-11(12)9-10-18-15/h1-10,21H,(H,19,20). The van der Waals surface area contributed by atoms with Crippen molar-refractivity contribution < 1.29 is 9.90 Å². The molecule has 2 heterocycles. The minimum absolute atomic E-state index is 0.364. The lowest BCUT2D eigenvalue weighted by Crippen LogP contribution is -2.36.